The predicted octanol–water partition coefficient (Wildman–Crippen LogP) is 9.88. The van der Waals surface area contributed by atoms with Crippen molar-refractivity contribution >= 4 is 62.6 Å². The summed E-state index contributed by atoms with van der Waals surface area (Å²) >= 11 is 13.5. The first kappa shape index (κ1) is 35.7. The molecule has 1 aliphatic heterocycles. The third-order valence-corrected chi connectivity index (χ3v) is 11.3. The number of carbonyl (C=O) groups is 2. The molecular weight excluding hydrogens is 697 g/mol. The van der Waals surface area contributed by atoms with E-state index >= 15 is 4.79 Å². The minimum Gasteiger partial charge on any atom is -0.494 e. The molecule has 0 saturated carbocycles. The van der Waals surface area contributed by atoms with Crippen molar-refractivity contribution in [1.29, 1.82) is 0 Å². The number of hydrogen-bond acceptors (Lipinski definition) is 4. The molecule has 0 bridgehead atoms. The monoisotopic (exact) mass is 739 g/mol. The molecule has 3 aromatic carbocycles. The van der Waals surface area contributed by atoms with E-state index in [1.54, 1.807) is 12.1 Å². The van der Waals surface area contributed by atoms with Crippen molar-refractivity contribution in [2.45, 2.75) is 73.4 Å². The topological polar surface area (TPSA) is 94.5 Å². The van der Waals surface area contributed by atoms with E-state index in [0.29, 0.717) is 42.4 Å². The number of hydrogen-bond donors (Lipinski definition) is 1. The van der Waals surface area contributed by atoms with Crippen LogP contribution in [-0.4, -0.2) is 49.0 Å². The van der Waals surface area contributed by atoms with Gasteiger partial charge in [0.1, 0.15) is 11.4 Å². The van der Waals surface area contributed by atoms with Crippen LogP contribution in [0, 0.1) is 27.7 Å². The lowest BCUT2D eigenvalue weighted by atomic mass is 9.98. The number of aromatic nitrogens is 4. The molecule has 3 aromatic heterocycles. The van der Waals surface area contributed by atoms with E-state index in [1.807, 2.05) is 80.9 Å². The van der Waals surface area contributed by atoms with Crippen molar-refractivity contribution in [1.82, 2.24) is 18.9 Å². The predicted molar refractivity (Wildman–Crippen MR) is 209 cm³/mol. The van der Waals surface area contributed by atoms with Crippen LogP contribution >= 0.6 is 23.2 Å². The van der Waals surface area contributed by atoms with Crippen LogP contribution in [0.15, 0.2) is 48.7 Å². The van der Waals surface area contributed by atoms with Gasteiger partial charge >= 0.3 is 5.97 Å². The lowest BCUT2D eigenvalue weighted by molar-refractivity contribution is 0.0696. The highest BCUT2D eigenvalue weighted by molar-refractivity contribution is 6.35. The number of halogens is 2. The van der Waals surface area contributed by atoms with E-state index < -0.39 is 5.97 Å². The first-order chi connectivity index (χ1) is 24.8. The molecule has 1 amide bonds. The van der Waals surface area contributed by atoms with Gasteiger partial charge in [0, 0.05) is 65.0 Å². The molecule has 0 spiro atoms. The molecule has 0 radical (unpaired) electrons. The Kier molecular flexibility index (Phi) is 9.38. The second-order valence-electron chi connectivity index (χ2n) is 14.0. The third kappa shape index (κ3) is 5.84. The van der Waals surface area contributed by atoms with E-state index in [4.69, 9.17) is 33.0 Å². The second-order valence-corrected chi connectivity index (χ2v) is 14.8. The van der Waals surface area contributed by atoms with Crippen LogP contribution in [0.5, 0.6) is 5.75 Å². The smallest absolute Gasteiger partial charge is 0.335 e. The number of anilines is 1. The Morgan fingerprint density at radius 2 is 1.75 bits per heavy atom. The summed E-state index contributed by atoms with van der Waals surface area (Å²) in [6.07, 6.45) is 4.14. The van der Waals surface area contributed by atoms with E-state index in [2.05, 4.69) is 23.0 Å². The van der Waals surface area contributed by atoms with Gasteiger partial charge in [0.05, 0.1) is 39.6 Å². The summed E-state index contributed by atoms with van der Waals surface area (Å²) in [5.74, 6) is -0.375. The maximum absolute atomic E-state index is 15.1. The summed E-state index contributed by atoms with van der Waals surface area (Å²) in [6.45, 7) is 13.8. The van der Waals surface area contributed by atoms with Gasteiger partial charge in [0.15, 0.2) is 0 Å². The summed E-state index contributed by atoms with van der Waals surface area (Å²) in [5.41, 5.74) is 9.87. The molecule has 0 fully saturated rings. The van der Waals surface area contributed by atoms with Gasteiger partial charge in [-0.05, 0) is 107 Å². The molecular formula is C41H43Cl2N5O4. The van der Waals surface area contributed by atoms with E-state index in [0.717, 1.165) is 84.7 Å². The molecule has 1 aliphatic rings. The second kappa shape index (κ2) is 13.7. The fourth-order valence-electron chi connectivity index (χ4n) is 7.99. The number of rotatable bonds is 10. The number of amides is 1. The van der Waals surface area contributed by atoms with Crippen LogP contribution in [0.4, 0.5) is 5.69 Å². The van der Waals surface area contributed by atoms with Crippen molar-refractivity contribution in [3.63, 3.8) is 0 Å². The molecule has 0 aliphatic carbocycles. The SMILES string of the molecule is CCCn1cc(N2C[C@@H](C)n3c(c(CCCOc4cc(C)c(Cl)c(C)c4)c4ccc(Cl)c(-c5c(C)nn(C)c5C)c43)C2=O)c2cc(C(=O)O)ccc21. The van der Waals surface area contributed by atoms with Crippen molar-refractivity contribution in [2.24, 2.45) is 7.05 Å². The van der Waals surface area contributed by atoms with Gasteiger partial charge in [0.25, 0.3) is 5.91 Å². The first-order valence-corrected chi connectivity index (χ1v) is 18.5. The molecule has 52 heavy (non-hydrogen) atoms. The Morgan fingerprint density at radius 3 is 2.40 bits per heavy atom. The van der Waals surface area contributed by atoms with Crippen molar-refractivity contribution in [3.05, 3.63) is 98.0 Å². The van der Waals surface area contributed by atoms with Crippen LogP contribution in [0.1, 0.15) is 81.7 Å². The lowest BCUT2D eigenvalue weighted by Crippen LogP contribution is -2.42. The van der Waals surface area contributed by atoms with E-state index in [-0.39, 0.29) is 17.5 Å². The molecule has 0 unspecified atom stereocenters. The molecule has 270 valence electrons. The molecule has 0 saturated heterocycles. The Balaban J connectivity index is 1.38. The van der Waals surface area contributed by atoms with Gasteiger partial charge in [-0.1, -0.05) is 36.2 Å². The van der Waals surface area contributed by atoms with E-state index in [1.165, 1.54) is 0 Å². The summed E-state index contributed by atoms with van der Waals surface area (Å²) in [4.78, 5) is 29.0. The maximum atomic E-state index is 15.1. The number of carbonyl (C=O) groups excluding carboxylic acids is 1. The minimum atomic E-state index is -1.01. The van der Waals surface area contributed by atoms with Crippen molar-refractivity contribution in [2.75, 3.05) is 18.1 Å². The lowest BCUT2D eigenvalue weighted by Gasteiger charge is -2.34. The molecule has 9 nitrogen and oxygen atoms in total. The van der Waals surface area contributed by atoms with Gasteiger partial charge in [-0.2, -0.15) is 5.10 Å². The number of carboxylic acid groups (broad SMARTS) is 1. The number of carboxylic acids is 1. The highest BCUT2D eigenvalue weighted by atomic mass is 35.5. The van der Waals surface area contributed by atoms with Crippen LogP contribution < -0.4 is 9.64 Å². The standard InChI is InChI=1S/C41H43Cl2N5O4/c1-8-15-46-21-34(31-19-27(41(50)51)11-14-33(31)46)47-20-24(4)48-38-30(12-13-32(42)36(38)35-25(5)44-45(7)26(35)6)29(39(48)40(47)49)10-9-16-52-28-17-22(2)37(43)23(3)18-28/h11-14,17-19,21,24H,8-10,15-16,20H2,1-7H3,(H,50,51)/t24-/m1/s1. The summed E-state index contributed by atoms with van der Waals surface area (Å²) in [6, 6.07) is 12.9. The number of nitrogens with zero attached hydrogens (tertiary/aromatic N) is 5. The number of fused-ring (bicyclic) bond motifs is 4. The molecule has 1 N–H and O–H groups in total. The van der Waals surface area contributed by atoms with Gasteiger partial charge in [-0.25, -0.2) is 4.79 Å². The quantitative estimate of drug-likeness (QED) is 0.141. The normalized spacial score (nSPS) is 14.5. The highest BCUT2D eigenvalue weighted by Crippen LogP contribution is 2.46. The minimum absolute atomic E-state index is 0.132. The first-order valence-electron chi connectivity index (χ1n) is 17.8. The average Bonchev–Trinajstić information content (AvgIpc) is 3.72. The van der Waals surface area contributed by atoms with Gasteiger partial charge in [-0.3, -0.25) is 9.48 Å². The van der Waals surface area contributed by atoms with E-state index in [9.17, 15) is 9.90 Å². The maximum Gasteiger partial charge on any atom is 0.335 e. The Hall–Kier alpha value is -4.73. The summed E-state index contributed by atoms with van der Waals surface area (Å²) < 4.78 is 12.4. The van der Waals surface area contributed by atoms with Crippen molar-refractivity contribution < 1.29 is 19.4 Å². The number of aromatic carboxylic acids is 1. The zero-order chi connectivity index (χ0) is 37.2. The highest BCUT2D eigenvalue weighted by Gasteiger charge is 2.37. The van der Waals surface area contributed by atoms with Crippen LogP contribution in [0.3, 0.4) is 0 Å². The molecule has 6 aromatic rings. The molecule has 4 heterocycles. The fraction of sp³-hybridized carbons (Fsp3) is 0.341. The molecule has 11 heteroatoms. The van der Waals surface area contributed by atoms with Crippen LogP contribution in [0.2, 0.25) is 10.0 Å². The zero-order valence-corrected chi connectivity index (χ0v) is 32.1. The largest absolute Gasteiger partial charge is 0.494 e. The van der Waals surface area contributed by atoms with Crippen LogP contribution in [0.25, 0.3) is 32.9 Å². The fourth-order valence-corrected chi connectivity index (χ4v) is 8.35. The molecule has 1 atom stereocenters. The van der Waals surface area contributed by atoms with Gasteiger partial charge in [0.2, 0.25) is 0 Å². The van der Waals surface area contributed by atoms with Gasteiger partial charge in [-0.15, -0.1) is 0 Å². The summed E-state index contributed by atoms with van der Waals surface area (Å²) in [7, 11) is 1.93. The number of aryl methyl sites for hydroxylation is 6. The molecule has 7 rings (SSSR count). The zero-order valence-electron chi connectivity index (χ0n) is 30.6. The third-order valence-electron chi connectivity index (χ3n) is 10.4. The Labute approximate surface area is 313 Å². The summed E-state index contributed by atoms with van der Waals surface area (Å²) in [5, 5.41) is 17.6. The van der Waals surface area contributed by atoms with Crippen molar-refractivity contribution in [3.8, 4) is 16.9 Å². The van der Waals surface area contributed by atoms with Gasteiger partial charge < -0.3 is 23.9 Å². The Morgan fingerprint density at radius 1 is 1.02 bits per heavy atom. The average molecular weight is 741 g/mol. The number of benzene rings is 3. The van der Waals surface area contributed by atoms with Crippen LogP contribution in [-0.2, 0) is 20.0 Å². The Bertz CT molecular complexity index is 2400. The number of ether oxygens (including phenoxy) is 1.